The molecule has 1 aromatic carbocycles. The number of piperazine rings is 1. The van der Waals surface area contributed by atoms with E-state index >= 15 is 0 Å². The summed E-state index contributed by atoms with van der Waals surface area (Å²) in [5.41, 5.74) is 0. The van der Waals surface area contributed by atoms with Crippen LogP contribution in [0.2, 0.25) is 0 Å². The van der Waals surface area contributed by atoms with E-state index in [1.807, 2.05) is 17.9 Å². The molecule has 2 heterocycles. The van der Waals surface area contributed by atoms with Crippen LogP contribution in [0.5, 0.6) is 0 Å². The second-order valence-corrected chi connectivity index (χ2v) is 8.06. The predicted molar refractivity (Wildman–Crippen MR) is 98.3 cm³/mol. The van der Waals surface area contributed by atoms with Gasteiger partial charge in [-0.1, -0.05) is 0 Å². The minimum Gasteiger partial charge on any atom is -0.370 e. The third-order valence-electron chi connectivity index (χ3n) is 4.26. The van der Waals surface area contributed by atoms with Gasteiger partial charge in [-0.15, -0.1) is 0 Å². The summed E-state index contributed by atoms with van der Waals surface area (Å²) in [6.07, 6.45) is 0. The van der Waals surface area contributed by atoms with Crippen LogP contribution in [-0.4, -0.2) is 55.4 Å². The highest BCUT2D eigenvalue weighted by Gasteiger charge is 2.31. The molecule has 0 saturated carbocycles. The number of nitrogens with zero attached hydrogens (tertiary/aromatic N) is 4. The molecule has 0 bridgehead atoms. The van der Waals surface area contributed by atoms with Crippen LogP contribution in [0.15, 0.2) is 29.2 Å². The molecule has 27 heavy (non-hydrogen) atoms. The van der Waals surface area contributed by atoms with Crippen molar-refractivity contribution in [2.24, 2.45) is 0 Å². The second-order valence-electron chi connectivity index (χ2n) is 6.15. The molecule has 1 aromatic heterocycles. The fourth-order valence-electron chi connectivity index (χ4n) is 2.97. The molecule has 0 radical (unpaired) electrons. The normalized spacial score (nSPS) is 15.8. The first kappa shape index (κ1) is 19.4. The van der Waals surface area contributed by atoms with Crippen molar-refractivity contribution in [3.8, 4) is 0 Å². The smallest absolute Gasteiger partial charge is 0.246 e. The minimum atomic E-state index is -4.02. The lowest BCUT2D eigenvalue weighted by Gasteiger charge is -2.34. The Bertz CT molecular complexity index is 931. The topological polar surface area (TPSA) is 78.4 Å². The van der Waals surface area contributed by atoms with Crippen LogP contribution >= 0.6 is 0 Å². The molecule has 1 aliphatic rings. The lowest BCUT2D eigenvalue weighted by atomic mass is 10.3. The van der Waals surface area contributed by atoms with Crippen molar-refractivity contribution < 1.29 is 17.2 Å². The Morgan fingerprint density at radius 1 is 1.11 bits per heavy atom. The zero-order chi connectivity index (χ0) is 19.6. The largest absolute Gasteiger partial charge is 0.370 e. The zero-order valence-corrected chi connectivity index (χ0v) is 15.9. The average Bonchev–Trinajstić information content (AvgIpc) is 2.61. The van der Waals surface area contributed by atoms with E-state index in [1.165, 1.54) is 4.31 Å². The lowest BCUT2D eigenvalue weighted by molar-refractivity contribution is 0.381. The zero-order valence-electron chi connectivity index (χ0n) is 15.1. The van der Waals surface area contributed by atoms with Crippen LogP contribution in [-0.2, 0) is 10.0 Å². The van der Waals surface area contributed by atoms with Gasteiger partial charge in [-0.3, -0.25) is 0 Å². The third kappa shape index (κ3) is 4.16. The number of nitrogens with one attached hydrogen (secondary N) is 1. The summed E-state index contributed by atoms with van der Waals surface area (Å²) in [7, 11) is -4.02. The summed E-state index contributed by atoms with van der Waals surface area (Å²) in [6, 6.07) is 4.30. The van der Waals surface area contributed by atoms with E-state index in [9.17, 15) is 17.2 Å². The molecule has 0 spiro atoms. The van der Waals surface area contributed by atoms with E-state index < -0.39 is 26.6 Å². The van der Waals surface area contributed by atoms with Crippen LogP contribution in [0.1, 0.15) is 12.7 Å². The van der Waals surface area contributed by atoms with Gasteiger partial charge < -0.3 is 10.2 Å². The monoisotopic (exact) mass is 397 g/mol. The van der Waals surface area contributed by atoms with E-state index in [2.05, 4.69) is 15.3 Å². The Labute approximate surface area is 157 Å². The lowest BCUT2D eigenvalue weighted by Crippen LogP contribution is -2.49. The second kappa shape index (κ2) is 7.73. The van der Waals surface area contributed by atoms with Gasteiger partial charge in [0.05, 0.1) is 0 Å². The van der Waals surface area contributed by atoms with E-state index in [1.54, 1.807) is 6.92 Å². The number of anilines is 2. The number of halogens is 2. The van der Waals surface area contributed by atoms with Gasteiger partial charge in [-0.2, -0.15) is 4.31 Å². The summed E-state index contributed by atoms with van der Waals surface area (Å²) in [5.74, 6) is 0.143. The van der Waals surface area contributed by atoms with Crippen LogP contribution in [0.3, 0.4) is 0 Å². The summed E-state index contributed by atoms with van der Waals surface area (Å²) in [6.45, 7) is 5.66. The molecule has 7 nitrogen and oxygen atoms in total. The molecule has 0 aliphatic carbocycles. The molecule has 146 valence electrons. The molecule has 10 heteroatoms. The summed E-state index contributed by atoms with van der Waals surface area (Å²) in [5, 5.41) is 3.14. The number of hydrogen-bond acceptors (Lipinski definition) is 6. The molecule has 1 fully saturated rings. The van der Waals surface area contributed by atoms with Gasteiger partial charge in [-0.05, 0) is 26.0 Å². The predicted octanol–water partition coefficient (Wildman–Crippen LogP) is 2.01. The summed E-state index contributed by atoms with van der Waals surface area (Å²) >= 11 is 0. The molecule has 2 aromatic rings. The minimum absolute atomic E-state index is 0.179. The maximum atomic E-state index is 13.9. The molecule has 1 saturated heterocycles. The highest BCUT2D eigenvalue weighted by Crippen LogP contribution is 2.23. The molecular weight excluding hydrogens is 376 g/mol. The highest BCUT2D eigenvalue weighted by molar-refractivity contribution is 7.89. The standard InChI is InChI=1S/C17H21F2N5O2S/c1-3-20-16-11-17(22-12(2)21-16)23-6-8-24(9-7-23)27(25,26)15-5-4-13(18)10-14(15)19/h4-5,10-11H,3,6-9H2,1-2H3,(H,20,21,22). The first-order chi connectivity index (χ1) is 12.8. The molecular formula is C17H21F2N5O2S. The van der Waals surface area contributed by atoms with E-state index in [0.29, 0.717) is 36.6 Å². The Kier molecular flexibility index (Phi) is 5.56. The summed E-state index contributed by atoms with van der Waals surface area (Å²) in [4.78, 5) is 10.2. The van der Waals surface area contributed by atoms with Crippen LogP contribution in [0.25, 0.3) is 0 Å². The Morgan fingerprint density at radius 3 is 2.44 bits per heavy atom. The van der Waals surface area contributed by atoms with Gasteiger partial charge in [0.25, 0.3) is 0 Å². The Hall–Kier alpha value is -2.33. The van der Waals surface area contributed by atoms with Crippen molar-refractivity contribution >= 4 is 21.7 Å². The van der Waals surface area contributed by atoms with Crippen molar-refractivity contribution in [2.45, 2.75) is 18.7 Å². The van der Waals surface area contributed by atoms with Crippen molar-refractivity contribution in [1.82, 2.24) is 14.3 Å². The van der Waals surface area contributed by atoms with E-state index in [4.69, 9.17) is 0 Å². The van der Waals surface area contributed by atoms with Gasteiger partial charge in [0.2, 0.25) is 10.0 Å². The van der Waals surface area contributed by atoms with Crippen LogP contribution in [0, 0.1) is 18.6 Å². The molecule has 1 N–H and O–H groups in total. The van der Waals surface area contributed by atoms with Gasteiger partial charge in [-0.25, -0.2) is 27.2 Å². The fraction of sp³-hybridized carbons (Fsp3) is 0.412. The van der Waals surface area contributed by atoms with Crippen LogP contribution < -0.4 is 10.2 Å². The van der Waals surface area contributed by atoms with Gasteiger partial charge >= 0.3 is 0 Å². The molecule has 0 amide bonds. The molecule has 0 atom stereocenters. The average molecular weight is 397 g/mol. The Morgan fingerprint density at radius 2 is 1.81 bits per heavy atom. The fourth-order valence-corrected chi connectivity index (χ4v) is 4.43. The number of sulfonamides is 1. The van der Waals surface area contributed by atoms with E-state index in [0.717, 1.165) is 18.7 Å². The molecule has 1 aliphatic heterocycles. The number of aromatic nitrogens is 2. The first-order valence-electron chi connectivity index (χ1n) is 8.61. The quantitative estimate of drug-likeness (QED) is 0.832. The summed E-state index contributed by atoms with van der Waals surface area (Å²) < 4.78 is 53.5. The van der Waals surface area contributed by atoms with E-state index in [-0.39, 0.29) is 13.1 Å². The number of rotatable bonds is 5. The SMILES string of the molecule is CCNc1cc(N2CCN(S(=O)(=O)c3ccc(F)cc3F)CC2)nc(C)n1. The number of aryl methyl sites for hydroxylation is 1. The maximum absolute atomic E-state index is 13.9. The van der Waals surface area contributed by atoms with Gasteiger partial charge in [0.1, 0.15) is 34.0 Å². The Balaban J connectivity index is 1.75. The van der Waals surface area contributed by atoms with Gasteiger partial charge in [0.15, 0.2) is 0 Å². The number of benzene rings is 1. The number of hydrogen-bond donors (Lipinski definition) is 1. The van der Waals surface area contributed by atoms with Crippen molar-refractivity contribution in [3.63, 3.8) is 0 Å². The molecule has 3 rings (SSSR count). The van der Waals surface area contributed by atoms with Crippen molar-refractivity contribution in [1.29, 1.82) is 0 Å². The van der Waals surface area contributed by atoms with Gasteiger partial charge in [0, 0.05) is 44.9 Å². The maximum Gasteiger partial charge on any atom is 0.246 e. The highest BCUT2D eigenvalue weighted by atomic mass is 32.2. The van der Waals surface area contributed by atoms with Crippen molar-refractivity contribution in [2.75, 3.05) is 42.9 Å². The first-order valence-corrected chi connectivity index (χ1v) is 10.0. The molecule has 0 unspecified atom stereocenters. The van der Waals surface area contributed by atoms with Crippen molar-refractivity contribution in [3.05, 3.63) is 41.7 Å². The van der Waals surface area contributed by atoms with Crippen LogP contribution in [0.4, 0.5) is 20.4 Å². The third-order valence-corrected chi connectivity index (χ3v) is 6.19.